The average Bonchev–Trinajstić information content (AvgIpc) is 2.30. The van der Waals surface area contributed by atoms with E-state index in [4.69, 9.17) is 28.2 Å². The number of amides is 2. The van der Waals surface area contributed by atoms with Gasteiger partial charge >= 0.3 is 5.97 Å². The molecule has 0 saturated heterocycles. The highest BCUT2D eigenvalue weighted by atomic mass is 35.5. The molecular weight excluding hydrogens is 274 g/mol. The van der Waals surface area contributed by atoms with Crippen LogP contribution in [0.15, 0.2) is 18.2 Å². The number of primary amides is 1. The zero-order chi connectivity index (χ0) is 14.6. The Bertz CT molecular complexity index is 533. The van der Waals surface area contributed by atoms with Crippen LogP contribution in [-0.4, -0.2) is 28.9 Å². The number of nitrogens with two attached hydrogens (primary N) is 2. The molecular formula is C11H12ClN3O4. The van der Waals surface area contributed by atoms with Crippen LogP contribution in [0, 0.1) is 0 Å². The largest absolute Gasteiger partial charge is 0.478 e. The number of hydrogen-bond donors (Lipinski definition) is 4. The van der Waals surface area contributed by atoms with E-state index in [9.17, 15) is 14.4 Å². The highest BCUT2D eigenvalue weighted by Gasteiger charge is 2.19. The van der Waals surface area contributed by atoms with Crippen molar-refractivity contribution in [3.63, 3.8) is 0 Å². The lowest BCUT2D eigenvalue weighted by atomic mass is 10.1. The van der Waals surface area contributed by atoms with Gasteiger partial charge in [-0.05, 0) is 18.2 Å². The molecule has 0 aliphatic heterocycles. The van der Waals surface area contributed by atoms with Gasteiger partial charge in [-0.2, -0.15) is 0 Å². The van der Waals surface area contributed by atoms with Crippen LogP contribution in [0.1, 0.15) is 16.8 Å². The van der Waals surface area contributed by atoms with Gasteiger partial charge in [-0.25, -0.2) is 4.79 Å². The van der Waals surface area contributed by atoms with Crippen molar-refractivity contribution < 1.29 is 19.5 Å². The van der Waals surface area contributed by atoms with Gasteiger partial charge in [0.1, 0.15) is 0 Å². The van der Waals surface area contributed by atoms with E-state index in [1.165, 1.54) is 18.2 Å². The minimum atomic E-state index is -1.25. The standard InChI is InChI=1S/C11H12ClN3O4/c12-5-1-2-8(6(3-5)11(18)19)15-10(17)7(13)4-9(14)16/h1-3,7H,4,13H2,(H2,14,16)(H,15,17)(H,18,19). The van der Waals surface area contributed by atoms with Gasteiger partial charge in [0.05, 0.1) is 23.7 Å². The third kappa shape index (κ3) is 4.23. The second kappa shape index (κ2) is 6.17. The number of anilines is 1. The van der Waals surface area contributed by atoms with Crippen molar-refractivity contribution in [1.82, 2.24) is 0 Å². The van der Waals surface area contributed by atoms with Gasteiger partial charge in [0.25, 0.3) is 0 Å². The van der Waals surface area contributed by atoms with Crippen LogP contribution in [0.5, 0.6) is 0 Å². The number of nitrogens with one attached hydrogen (secondary N) is 1. The summed E-state index contributed by atoms with van der Waals surface area (Å²) in [6, 6.07) is 2.80. The third-order valence-corrected chi connectivity index (χ3v) is 2.46. The van der Waals surface area contributed by atoms with E-state index >= 15 is 0 Å². The summed E-state index contributed by atoms with van der Waals surface area (Å²) in [4.78, 5) is 33.3. The quantitative estimate of drug-likeness (QED) is 0.612. The Morgan fingerprint density at radius 1 is 1.37 bits per heavy atom. The molecule has 102 valence electrons. The van der Waals surface area contributed by atoms with Crippen LogP contribution in [0.4, 0.5) is 5.69 Å². The molecule has 0 aromatic heterocycles. The van der Waals surface area contributed by atoms with Crippen molar-refractivity contribution >= 4 is 35.1 Å². The molecule has 0 saturated carbocycles. The van der Waals surface area contributed by atoms with E-state index in [2.05, 4.69) is 5.32 Å². The van der Waals surface area contributed by atoms with Crippen molar-refractivity contribution in [2.45, 2.75) is 12.5 Å². The fraction of sp³-hybridized carbons (Fsp3) is 0.182. The number of aromatic carboxylic acids is 1. The van der Waals surface area contributed by atoms with Crippen LogP contribution in [0.2, 0.25) is 5.02 Å². The Morgan fingerprint density at radius 3 is 2.53 bits per heavy atom. The Labute approximate surface area is 113 Å². The Kier molecular flexibility index (Phi) is 4.85. The van der Waals surface area contributed by atoms with Gasteiger partial charge in [0.15, 0.2) is 0 Å². The zero-order valence-electron chi connectivity index (χ0n) is 9.72. The summed E-state index contributed by atoms with van der Waals surface area (Å²) < 4.78 is 0. The molecule has 1 aromatic rings. The van der Waals surface area contributed by atoms with Crippen molar-refractivity contribution in [2.24, 2.45) is 11.5 Å². The SMILES string of the molecule is NC(=O)CC(N)C(=O)Nc1ccc(Cl)cc1C(=O)O. The third-order valence-electron chi connectivity index (χ3n) is 2.23. The minimum Gasteiger partial charge on any atom is -0.478 e. The number of carbonyl (C=O) groups excluding carboxylic acids is 2. The Hall–Kier alpha value is -2.12. The molecule has 0 aliphatic rings. The maximum atomic E-state index is 11.6. The summed E-state index contributed by atoms with van der Waals surface area (Å²) in [7, 11) is 0. The molecule has 8 heteroatoms. The predicted molar refractivity (Wildman–Crippen MR) is 68.8 cm³/mol. The highest BCUT2D eigenvalue weighted by molar-refractivity contribution is 6.31. The molecule has 1 rings (SSSR count). The maximum Gasteiger partial charge on any atom is 0.337 e. The van der Waals surface area contributed by atoms with E-state index < -0.39 is 23.8 Å². The lowest BCUT2D eigenvalue weighted by Crippen LogP contribution is -2.39. The molecule has 0 spiro atoms. The topological polar surface area (TPSA) is 136 Å². The fourth-order valence-electron chi connectivity index (χ4n) is 1.34. The molecule has 0 fully saturated rings. The summed E-state index contributed by atoms with van der Waals surface area (Å²) in [5, 5.41) is 11.5. The van der Waals surface area contributed by atoms with Gasteiger partial charge in [0.2, 0.25) is 11.8 Å². The Balaban J connectivity index is 2.90. The molecule has 2 amide bonds. The first-order valence-electron chi connectivity index (χ1n) is 5.19. The normalized spacial score (nSPS) is 11.7. The molecule has 0 bridgehead atoms. The van der Waals surface area contributed by atoms with E-state index in [1.807, 2.05) is 0 Å². The van der Waals surface area contributed by atoms with Crippen molar-refractivity contribution in [3.8, 4) is 0 Å². The average molecular weight is 286 g/mol. The number of halogens is 1. The van der Waals surface area contributed by atoms with Crippen LogP contribution in [0.25, 0.3) is 0 Å². The van der Waals surface area contributed by atoms with Gasteiger partial charge in [0, 0.05) is 5.02 Å². The number of hydrogen-bond acceptors (Lipinski definition) is 4. The van der Waals surface area contributed by atoms with Crippen molar-refractivity contribution in [1.29, 1.82) is 0 Å². The smallest absolute Gasteiger partial charge is 0.337 e. The number of carboxylic acids is 1. The molecule has 7 nitrogen and oxygen atoms in total. The summed E-state index contributed by atoms with van der Waals surface area (Å²) in [5.41, 5.74) is 10.2. The van der Waals surface area contributed by atoms with Gasteiger partial charge < -0.3 is 21.9 Å². The second-order valence-corrected chi connectivity index (χ2v) is 4.20. The van der Waals surface area contributed by atoms with Crippen LogP contribution in [-0.2, 0) is 9.59 Å². The molecule has 19 heavy (non-hydrogen) atoms. The van der Waals surface area contributed by atoms with Crippen molar-refractivity contribution in [2.75, 3.05) is 5.32 Å². The lowest BCUT2D eigenvalue weighted by molar-refractivity contribution is -0.123. The predicted octanol–water partition coefficient (Wildman–Crippen LogP) is 0.179. The fourth-order valence-corrected chi connectivity index (χ4v) is 1.51. The molecule has 1 aromatic carbocycles. The van der Waals surface area contributed by atoms with Crippen molar-refractivity contribution in [3.05, 3.63) is 28.8 Å². The molecule has 0 heterocycles. The monoisotopic (exact) mass is 285 g/mol. The maximum absolute atomic E-state index is 11.6. The van der Waals surface area contributed by atoms with Crippen LogP contribution < -0.4 is 16.8 Å². The Morgan fingerprint density at radius 2 is 2.00 bits per heavy atom. The van der Waals surface area contributed by atoms with Gasteiger partial charge in [-0.15, -0.1) is 0 Å². The highest BCUT2D eigenvalue weighted by Crippen LogP contribution is 2.20. The number of carboxylic acid groups (broad SMARTS) is 1. The zero-order valence-corrected chi connectivity index (χ0v) is 10.5. The molecule has 1 atom stereocenters. The first kappa shape index (κ1) is 14.9. The van der Waals surface area contributed by atoms with E-state index in [1.54, 1.807) is 0 Å². The van der Waals surface area contributed by atoms with Gasteiger partial charge in [-0.1, -0.05) is 11.6 Å². The minimum absolute atomic E-state index is 0.0434. The van der Waals surface area contributed by atoms with E-state index in [0.29, 0.717) is 0 Å². The molecule has 0 aliphatic carbocycles. The first-order valence-corrected chi connectivity index (χ1v) is 5.56. The van der Waals surface area contributed by atoms with Gasteiger partial charge in [-0.3, -0.25) is 9.59 Å². The number of rotatable bonds is 5. The molecule has 1 unspecified atom stereocenters. The lowest BCUT2D eigenvalue weighted by Gasteiger charge is -2.12. The van der Waals surface area contributed by atoms with Crippen LogP contribution >= 0.6 is 11.6 Å². The number of carbonyl (C=O) groups is 3. The summed E-state index contributed by atoms with van der Waals surface area (Å²) in [5.74, 6) is -2.68. The van der Waals surface area contributed by atoms with E-state index in [0.717, 1.165) is 0 Å². The second-order valence-electron chi connectivity index (χ2n) is 3.76. The summed E-state index contributed by atoms with van der Waals surface area (Å²) in [6.07, 6.45) is -0.332. The molecule has 0 radical (unpaired) electrons. The van der Waals surface area contributed by atoms with Crippen LogP contribution in [0.3, 0.4) is 0 Å². The summed E-state index contributed by atoms with van der Waals surface area (Å²) in [6.45, 7) is 0. The molecule has 6 N–H and O–H groups in total. The first-order chi connectivity index (χ1) is 8.81. The number of benzene rings is 1. The van der Waals surface area contributed by atoms with E-state index in [-0.39, 0.29) is 22.7 Å². The summed E-state index contributed by atoms with van der Waals surface area (Å²) >= 11 is 5.67.